The maximum Gasteiger partial charge on any atom is 0.616 e. The third kappa shape index (κ3) is 3.61. The first-order chi connectivity index (χ1) is 5.50. The molecule has 0 saturated heterocycles. The highest BCUT2D eigenvalue weighted by Crippen LogP contribution is 2.32. The molecule has 1 atom stereocenters. The molecule has 0 spiro atoms. The lowest BCUT2D eigenvalue weighted by atomic mass is 10.3. The molecule has 0 N–H and O–H groups in total. The van der Waals surface area contributed by atoms with Gasteiger partial charge in [-0.05, 0) is 39.2 Å². The second-order valence-electron chi connectivity index (χ2n) is 3.22. The molecular formula is C8H19NO2P+. The number of rotatable bonds is 5. The van der Waals surface area contributed by atoms with Gasteiger partial charge in [-0.15, -0.1) is 4.52 Å². The largest absolute Gasteiger partial charge is 0.616 e. The van der Waals surface area contributed by atoms with E-state index in [0.717, 1.165) is 0 Å². The van der Waals surface area contributed by atoms with Gasteiger partial charge in [0.2, 0.25) is 0 Å². The highest BCUT2D eigenvalue weighted by molar-refractivity contribution is 7.36. The average molecular weight is 192 g/mol. The molecule has 0 aromatic rings. The molecular weight excluding hydrogens is 173 g/mol. The van der Waals surface area contributed by atoms with Crippen molar-refractivity contribution in [2.24, 2.45) is 0 Å². The minimum absolute atomic E-state index is 0.264. The van der Waals surface area contributed by atoms with Gasteiger partial charge in [0, 0.05) is 0 Å². The Morgan fingerprint density at radius 3 is 1.92 bits per heavy atom. The van der Waals surface area contributed by atoms with E-state index in [9.17, 15) is 4.57 Å². The summed E-state index contributed by atoms with van der Waals surface area (Å²) in [6.07, 6.45) is 0. The summed E-state index contributed by atoms with van der Waals surface area (Å²) >= 11 is 0. The molecule has 0 heterocycles. The molecule has 72 valence electrons. The van der Waals surface area contributed by atoms with Crippen LogP contribution in [0.1, 0.15) is 34.6 Å². The first-order valence-corrected chi connectivity index (χ1v) is 5.52. The lowest BCUT2D eigenvalue weighted by Gasteiger charge is -2.16. The maximum atomic E-state index is 11.5. The van der Waals surface area contributed by atoms with Crippen molar-refractivity contribution in [3.8, 4) is 0 Å². The first-order valence-electron chi connectivity index (χ1n) is 4.39. The van der Waals surface area contributed by atoms with Gasteiger partial charge in [-0.1, -0.05) is 4.67 Å². The van der Waals surface area contributed by atoms with E-state index in [0.29, 0.717) is 6.61 Å². The van der Waals surface area contributed by atoms with E-state index < -0.39 is 8.18 Å². The molecule has 0 aromatic heterocycles. The molecule has 0 bridgehead atoms. The highest BCUT2D eigenvalue weighted by Gasteiger charge is 2.34. The van der Waals surface area contributed by atoms with E-state index in [4.69, 9.17) is 4.52 Å². The van der Waals surface area contributed by atoms with Crippen molar-refractivity contribution in [1.82, 2.24) is 4.67 Å². The molecule has 0 aliphatic rings. The molecule has 4 heteroatoms. The zero-order valence-corrected chi connectivity index (χ0v) is 9.47. The summed E-state index contributed by atoms with van der Waals surface area (Å²) in [6, 6.07) is 0.528. The van der Waals surface area contributed by atoms with E-state index in [1.165, 1.54) is 0 Å². The third-order valence-electron chi connectivity index (χ3n) is 1.49. The van der Waals surface area contributed by atoms with Crippen molar-refractivity contribution >= 4 is 8.18 Å². The molecule has 12 heavy (non-hydrogen) atoms. The Labute approximate surface area is 76.0 Å². The summed E-state index contributed by atoms with van der Waals surface area (Å²) in [7, 11) is -1.64. The van der Waals surface area contributed by atoms with Gasteiger partial charge in [-0.3, -0.25) is 0 Å². The Morgan fingerprint density at radius 2 is 1.67 bits per heavy atom. The number of nitrogens with zero attached hydrogens (tertiary/aromatic N) is 1. The van der Waals surface area contributed by atoms with Gasteiger partial charge in [0.1, 0.15) is 6.61 Å². The van der Waals surface area contributed by atoms with Crippen LogP contribution in [0.5, 0.6) is 0 Å². The van der Waals surface area contributed by atoms with E-state index >= 15 is 0 Å². The average Bonchev–Trinajstić information content (AvgIpc) is 1.85. The summed E-state index contributed by atoms with van der Waals surface area (Å²) in [5, 5.41) is 0. The predicted octanol–water partition coefficient (Wildman–Crippen LogP) is 2.80. The topological polar surface area (TPSA) is 29.5 Å². The van der Waals surface area contributed by atoms with Crippen LogP contribution < -0.4 is 0 Å². The summed E-state index contributed by atoms with van der Waals surface area (Å²) in [4.78, 5) is 0. The fourth-order valence-corrected chi connectivity index (χ4v) is 2.26. The van der Waals surface area contributed by atoms with Gasteiger partial charge in [0.05, 0.1) is 12.1 Å². The molecule has 0 aliphatic heterocycles. The second-order valence-corrected chi connectivity index (χ2v) is 4.42. The third-order valence-corrected chi connectivity index (χ3v) is 3.27. The van der Waals surface area contributed by atoms with Crippen LogP contribution in [0.25, 0.3) is 0 Å². The van der Waals surface area contributed by atoms with E-state index in [1.54, 1.807) is 0 Å². The minimum Gasteiger partial charge on any atom is -0.130 e. The summed E-state index contributed by atoms with van der Waals surface area (Å²) in [5.74, 6) is 0. The van der Waals surface area contributed by atoms with Crippen LogP contribution in [0.4, 0.5) is 0 Å². The Balaban J connectivity index is 4.20. The zero-order chi connectivity index (χ0) is 9.72. The van der Waals surface area contributed by atoms with Crippen molar-refractivity contribution < 1.29 is 9.09 Å². The molecule has 0 radical (unpaired) electrons. The van der Waals surface area contributed by atoms with Gasteiger partial charge in [-0.2, -0.15) is 0 Å². The van der Waals surface area contributed by atoms with Crippen LogP contribution in [-0.2, 0) is 9.09 Å². The quantitative estimate of drug-likeness (QED) is 0.627. The van der Waals surface area contributed by atoms with Crippen molar-refractivity contribution in [3.63, 3.8) is 0 Å². The standard InChI is InChI=1S/C8H19NO2P/c1-6-11-12(10)9(7(2)3)8(4)5/h7-8H,6H2,1-5H3/q+1. The highest BCUT2D eigenvalue weighted by atomic mass is 31.1. The van der Waals surface area contributed by atoms with Gasteiger partial charge < -0.3 is 0 Å². The summed E-state index contributed by atoms with van der Waals surface area (Å²) < 4.78 is 18.4. The Kier molecular flexibility index (Phi) is 5.64. The molecule has 0 rings (SSSR count). The lowest BCUT2D eigenvalue weighted by Crippen LogP contribution is -2.30. The smallest absolute Gasteiger partial charge is 0.130 e. The monoisotopic (exact) mass is 192 g/mol. The number of hydrogen-bond acceptors (Lipinski definition) is 2. The molecule has 1 unspecified atom stereocenters. The zero-order valence-electron chi connectivity index (χ0n) is 8.57. The summed E-state index contributed by atoms with van der Waals surface area (Å²) in [6.45, 7) is 10.4. The van der Waals surface area contributed by atoms with Gasteiger partial charge in [0.15, 0.2) is 0 Å². The van der Waals surface area contributed by atoms with E-state index in [-0.39, 0.29) is 12.1 Å². The van der Waals surface area contributed by atoms with Gasteiger partial charge >= 0.3 is 8.18 Å². The van der Waals surface area contributed by atoms with Crippen LogP contribution in [-0.4, -0.2) is 23.4 Å². The maximum absolute atomic E-state index is 11.5. The molecule has 0 amide bonds. The van der Waals surface area contributed by atoms with E-state index in [1.807, 2.05) is 39.3 Å². The van der Waals surface area contributed by atoms with E-state index in [2.05, 4.69) is 0 Å². The van der Waals surface area contributed by atoms with Crippen molar-refractivity contribution in [2.45, 2.75) is 46.7 Å². The van der Waals surface area contributed by atoms with Gasteiger partial charge in [-0.25, -0.2) is 0 Å². The summed E-state index contributed by atoms with van der Waals surface area (Å²) in [5.41, 5.74) is 0. The van der Waals surface area contributed by atoms with Crippen molar-refractivity contribution in [1.29, 1.82) is 0 Å². The normalized spacial score (nSPS) is 13.2. The van der Waals surface area contributed by atoms with Crippen molar-refractivity contribution in [3.05, 3.63) is 0 Å². The second kappa shape index (κ2) is 5.63. The molecule has 0 aliphatic carbocycles. The van der Waals surface area contributed by atoms with Crippen LogP contribution in [0.15, 0.2) is 0 Å². The first kappa shape index (κ1) is 12.0. The molecule has 0 aromatic carbocycles. The SMILES string of the molecule is CCO[P+](=O)N(C(C)C)C(C)C. The lowest BCUT2D eigenvalue weighted by molar-refractivity contribution is 0.241. The molecule has 0 fully saturated rings. The van der Waals surface area contributed by atoms with Crippen molar-refractivity contribution in [2.75, 3.05) is 6.61 Å². The molecule has 3 nitrogen and oxygen atoms in total. The minimum atomic E-state index is -1.64. The Morgan fingerprint density at radius 1 is 1.25 bits per heavy atom. The number of hydrogen-bond donors (Lipinski definition) is 0. The van der Waals surface area contributed by atoms with Crippen LogP contribution in [0, 0.1) is 0 Å². The Bertz CT molecular complexity index is 140. The van der Waals surface area contributed by atoms with Gasteiger partial charge in [0.25, 0.3) is 0 Å². The fourth-order valence-electron chi connectivity index (χ4n) is 1.15. The molecule has 0 saturated carbocycles. The van der Waals surface area contributed by atoms with Crippen LogP contribution in [0.2, 0.25) is 0 Å². The van der Waals surface area contributed by atoms with Crippen LogP contribution in [0.3, 0.4) is 0 Å². The predicted molar refractivity (Wildman–Crippen MR) is 51.3 cm³/mol. The fraction of sp³-hybridized carbons (Fsp3) is 1.00. The van der Waals surface area contributed by atoms with Crippen LogP contribution >= 0.6 is 8.18 Å². The Hall–Kier alpha value is 0.0200.